The summed E-state index contributed by atoms with van der Waals surface area (Å²) in [6.07, 6.45) is 0. The number of anilines is 1. The second-order valence-corrected chi connectivity index (χ2v) is 10.3. The summed E-state index contributed by atoms with van der Waals surface area (Å²) in [6, 6.07) is 8.14. The van der Waals surface area contributed by atoms with Gasteiger partial charge in [-0.1, -0.05) is 18.5 Å². The Morgan fingerprint density at radius 2 is 1.71 bits per heavy atom. The van der Waals surface area contributed by atoms with Crippen LogP contribution in [0.25, 0.3) is 0 Å². The Bertz CT molecular complexity index is 1070. The monoisotopic (exact) mass is 448 g/mol. The number of hydrogen-bond donors (Lipinski definition) is 2. The van der Waals surface area contributed by atoms with Crippen molar-refractivity contribution >= 4 is 43.1 Å². The lowest BCUT2D eigenvalue weighted by Crippen LogP contribution is -2.29. The van der Waals surface area contributed by atoms with Crippen LogP contribution < -0.4 is 10.0 Å². The highest BCUT2D eigenvalue weighted by molar-refractivity contribution is 7.92. The maximum absolute atomic E-state index is 13.0. The SMILES string of the molecule is CCS(=O)(=O)CCNC(=O)c1ccc(Cl)c(NS(=O)(=O)c2ccc(F)cc2)c1. The first-order valence-electron chi connectivity index (χ1n) is 8.10. The lowest BCUT2D eigenvalue weighted by Gasteiger charge is -2.12. The fourth-order valence-electron chi connectivity index (χ4n) is 2.13. The van der Waals surface area contributed by atoms with Crippen LogP contribution in [0.1, 0.15) is 17.3 Å². The second kappa shape index (κ2) is 8.89. The van der Waals surface area contributed by atoms with E-state index in [1.54, 1.807) is 0 Å². The molecule has 2 aromatic rings. The van der Waals surface area contributed by atoms with Crippen molar-refractivity contribution in [3.63, 3.8) is 0 Å². The largest absolute Gasteiger partial charge is 0.351 e. The Labute approximate surface area is 167 Å². The number of rotatable bonds is 8. The van der Waals surface area contributed by atoms with Crippen LogP contribution >= 0.6 is 11.6 Å². The van der Waals surface area contributed by atoms with E-state index in [-0.39, 0.29) is 39.2 Å². The van der Waals surface area contributed by atoms with E-state index >= 15 is 0 Å². The molecule has 152 valence electrons. The molecular formula is C17H18ClFN2O5S2. The number of hydrogen-bond acceptors (Lipinski definition) is 5. The van der Waals surface area contributed by atoms with Gasteiger partial charge in [-0.2, -0.15) is 0 Å². The lowest BCUT2D eigenvalue weighted by atomic mass is 10.2. The molecule has 0 radical (unpaired) electrons. The zero-order chi connectivity index (χ0) is 20.9. The van der Waals surface area contributed by atoms with Gasteiger partial charge in [-0.15, -0.1) is 0 Å². The molecule has 0 aliphatic heterocycles. The smallest absolute Gasteiger partial charge is 0.261 e. The summed E-state index contributed by atoms with van der Waals surface area (Å²) in [4.78, 5) is 12.0. The van der Waals surface area contributed by atoms with Crippen molar-refractivity contribution < 1.29 is 26.0 Å². The molecule has 2 N–H and O–H groups in total. The Hall–Kier alpha value is -2.17. The van der Waals surface area contributed by atoms with Crippen molar-refractivity contribution in [1.82, 2.24) is 5.32 Å². The molecule has 0 aliphatic carbocycles. The highest BCUT2D eigenvalue weighted by Crippen LogP contribution is 2.26. The standard InChI is InChI=1S/C17H18ClFN2O5S2/c1-2-27(23,24)10-9-20-17(22)12-3-8-15(18)16(11-12)21-28(25,26)14-6-4-13(19)5-7-14/h3-8,11,21H,2,9-10H2,1H3,(H,20,22). The molecule has 28 heavy (non-hydrogen) atoms. The number of nitrogens with one attached hydrogen (secondary N) is 2. The normalized spacial score (nSPS) is 11.8. The van der Waals surface area contributed by atoms with E-state index < -0.39 is 31.6 Å². The first-order chi connectivity index (χ1) is 13.0. The summed E-state index contributed by atoms with van der Waals surface area (Å²) in [5, 5.41) is 2.51. The predicted molar refractivity (Wildman–Crippen MR) is 105 cm³/mol. The molecule has 0 spiro atoms. The molecule has 0 atom stereocenters. The summed E-state index contributed by atoms with van der Waals surface area (Å²) < 4.78 is 63.0. The Morgan fingerprint density at radius 3 is 2.32 bits per heavy atom. The molecule has 0 fully saturated rings. The molecule has 0 aliphatic rings. The molecule has 0 bridgehead atoms. The molecule has 7 nitrogen and oxygen atoms in total. The van der Waals surface area contributed by atoms with Crippen LogP contribution in [0, 0.1) is 5.82 Å². The van der Waals surface area contributed by atoms with Gasteiger partial charge in [0.15, 0.2) is 9.84 Å². The zero-order valence-electron chi connectivity index (χ0n) is 14.8. The highest BCUT2D eigenvalue weighted by atomic mass is 35.5. The number of sulfone groups is 1. The van der Waals surface area contributed by atoms with Gasteiger partial charge in [0.25, 0.3) is 15.9 Å². The van der Waals surface area contributed by atoms with Crippen LogP contribution in [0.3, 0.4) is 0 Å². The van der Waals surface area contributed by atoms with Gasteiger partial charge in [0.2, 0.25) is 0 Å². The fourth-order valence-corrected chi connectivity index (χ4v) is 4.12. The van der Waals surface area contributed by atoms with Gasteiger partial charge < -0.3 is 5.32 Å². The number of carbonyl (C=O) groups excluding carboxylic acids is 1. The van der Waals surface area contributed by atoms with Gasteiger partial charge in [0, 0.05) is 17.9 Å². The average molecular weight is 449 g/mol. The molecule has 0 saturated heterocycles. The van der Waals surface area contributed by atoms with Gasteiger partial charge in [0.1, 0.15) is 5.82 Å². The van der Waals surface area contributed by atoms with E-state index in [9.17, 15) is 26.0 Å². The van der Waals surface area contributed by atoms with Crippen molar-refractivity contribution in [3.05, 3.63) is 58.9 Å². The maximum Gasteiger partial charge on any atom is 0.261 e. The molecule has 2 aromatic carbocycles. The lowest BCUT2D eigenvalue weighted by molar-refractivity contribution is 0.0956. The Balaban J connectivity index is 2.16. The summed E-state index contributed by atoms with van der Waals surface area (Å²) >= 11 is 6.00. The van der Waals surface area contributed by atoms with Gasteiger partial charge in [-0.25, -0.2) is 21.2 Å². The number of amides is 1. The third kappa shape index (κ3) is 5.91. The van der Waals surface area contributed by atoms with Crippen LogP contribution in [0.2, 0.25) is 5.02 Å². The van der Waals surface area contributed by atoms with E-state index in [1.807, 2.05) is 0 Å². The summed E-state index contributed by atoms with van der Waals surface area (Å²) in [5.74, 6) is -1.39. The average Bonchev–Trinajstić information content (AvgIpc) is 2.63. The molecular weight excluding hydrogens is 431 g/mol. The van der Waals surface area contributed by atoms with Crippen molar-refractivity contribution in [2.24, 2.45) is 0 Å². The highest BCUT2D eigenvalue weighted by Gasteiger charge is 2.18. The van der Waals surface area contributed by atoms with E-state index in [2.05, 4.69) is 10.0 Å². The van der Waals surface area contributed by atoms with Crippen LogP contribution in [-0.2, 0) is 19.9 Å². The minimum absolute atomic E-state index is 0.0286. The topological polar surface area (TPSA) is 109 Å². The fraction of sp³-hybridized carbons (Fsp3) is 0.235. The van der Waals surface area contributed by atoms with E-state index in [0.29, 0.717) is 0 Å². The van der Waals surface area contributed by atoms with Gasteiger partial charge in [-0.3, -0.25) is 9.52 Å². The minimum atomic E-state index is -4.05. The number of benzene rings is 2. The Kier molecular flexibility index (Phi) is 7.02. The van der Waals surface area contributed by atoms with Crippen LogP contribution in [0.4, 0.5) is 10.1 Å². The molecule has 0 heterocycles. The molecule has 2 rings (SSSR count). The maximum atomic E-state index is 13.0. The molecule has 0 aromatic heterocycles. The molecule has 0 saturated carbocycles. The molecule has 1 amide bonds. The van der Waals surface area contributed by atoms with Crippen molar-refractivity contribution in [3.8, 4) is 0 Å². The second-order valence-electron chi connectivity index (χ2n) is 5.75. The first kappa shape index (κ1) is 22.1. The predicted octanol–water partition coefficient (Wildman–Crippen LogP) is 2.44. The summed E-state index contributed by atoms with van der Waals surface area (Å²) in [5.41, 5.74) is 0.0509. The number of carbonyl (C=O) groups is 1. The summed E-state index contributed by atoms with van der Waals surface area (Å²) in [6.45, 7) is 1.43. The minimum Gasteiger partial charge on any atom is -0.351 e. The van der Waals surface area contributed by atoms with Crippen LogP contribution in [0.5, 0.6) is 0 Å². The van der Waals surface area contributed by atoms with Crippen molar-refractivity contribution in [2.45, 2.75) is 11.8 Å². The number of sulfonamides is 1. The third-order valence-corrected chi connectivity index (χ3v) is 7.15. The molecule has 11 heteroatoms. The first-order valence-corrected chi connectivity index (χ1v) is 11.8. The third-order valence-electron chi connectivity index (χ3n) is 3.74. The van der Waals surface area contributed by atoms with E-state index in [0.717, 1.165) is 24.3 Å². The van der Waals surface area contributed by atoms with Crippen molar-refractivity contribution in [1.29, 1.82) is 0 Å². The molecule has 0 unspecified atom stereocenters. The van der Waals surface area contributed by atoms with E-state index in [4.69, 9.17) is 11.6 Å². The zero-order valence-corrected chi connectivity index (χ0v) is 17.2. The van der Waals surface area contributed by atoms with Crippen molar-refractivity contribution in [2.75, 3.05) is 22.8 Å². The summed E-state index contributed by atoms with van der Waals surface area (Å²) in [7, 11) is -7.27. The van der Waals surface area contributed by atoms with Gasteiger partial charge in [-0.05, 0) is 42.5 Å². The Morgan fingerprint density at radius 1 is 1.07 bits per heavy atom. The quantitative estimate of drug-likeness (QED) is 0.644. The van der Waals surface area contributed by atoms with Gasteiger partial charge in [0.05, 0.1) is 21.4 Å². The van der Waals surface area contributed by atoms with Gasteiger partial charge >= 0.3 is 0 Å². The van der Waals surface area contributed by atoms with E-state index in [1.165, 1.54) is 25.1 Å². The van der Waals surface area contributed by atoms with Crippen LogP contribution in [0.15, 0.2) is 47.4 Å². The van der Waals surface area contributed by atoms with Crippen LogP contribution in [-0.4, -0.2) is 40.8 Å². The number of halogens is 2.